The van der Waals surface area contributed by atoms with Crippen LogP contribution in [-0.4, -0.2) is 39.3 Å². The molecule has 0 radical (unpaired) electrons. The number of phenols is 1. The summed E-state index contributed by atoms with van der Waals surface area (Å²) in [6, 6.07) is 0. The third-order valence-electron chi connectivity index (χ3n) is 5.94. The van der Waals surface area contributed by atoms with E-state index in [1.807, 2.05) is 0 Å². The van der Waals surface area contributed by atoms with E-state index in [1.54, 1.807) is 24.3 Å². The van der Waals surface area contributed by atoms with Gasteiger partial charge in [0.25, 0.3) is 0 Å². The Balaban J connectivity index is 2.07. The number of esters is 2. The number of fused-ring (bicyclic) bond motifs is 3. The number of benzene rings is 1. The molecule has 0 saturated carbocycles. The summed E-state index contributed by atoms with van der Waals surface area (Å²) in [5, 5.41) is 22.0. The van der Waals surface area contributed by atoms with Crippen molar-refractivity contribution in [1.29, 1.82) is 0 Å². The van der Waals surface area contributed by atoms with E-state index in [2.05, 4.69) is 5.92 Å². The molecule has 2 N–H and O–H groups in total. The normalized spacial score (nSPS) is 27.6. The van der Waals surface area contributed by atoms with E-state index in [0.29, 0.717) is 0 Å². The summed E-state index contributed by atoms with van der Waals surface area (Å²) in [5.74, 6) is -2.75. The summed E-state index contributed by atoms with van der Waals surface area (Å²) in [6.45, 7) is 2.26. The molecule has 4 atom stereocenters. The van der Waals surface area contributed by atoms with Gasteiger partial charge in [-0.25, -0.2) is 0 Å². The van der Waals surface area contributed by atoms with Gasteiger partial charge in [-0.1, -0.05) is 30.2 Å². The maximum absolute atomic E-state index is 13.4. The van der Waals surface area contributed by atoms with Crippen molar-refractivity contribution in [2.45, 2.75) is 38.4 Å². The van der Waals surface area contributed by atoms with Gasteiger partial charge in [-0.3, -0.25) is 19.2 Å². The lowest BCUT2D eigenvalue weighted by atomic mass is 9.68. The maximum atomic E-state index is 13.4. The molecule has 3 aliphatic carbocycles. The predicted octanol–water partition coefficient (Wildman–Crippen LogP) is 1.97. The third kappa shape index (κ3) is 3.22. The van der Waals surface area contributed by atoms with Crippen LogP contribution in [0.2, 0.25) is 0 Å². The summed E-state index contributed by atoms with van der Waals surface area (Å²) >= 11 is 0. The average Bonchev–Trinajstić information content (AvgIpc) is 2.73. The summed E-state index contributed by atoms with van der Waals surface area (Å²) in [7, 11) is 0. The van der Waals surface area contributed by atoms with Gasteiger partial charge in [-0.05, 0) is 0 Å². The quantitative estimate of drug-likeness (QED) is 0.409. The first-order valence-corrected chi connectivity index (χ1v) is 9.99. The lowest BCUT2D eigenvalue weighted by molar-refractivity contribution is -0.150. The number of ketones is 2. The molecule has 0 fully saturated rings. The Kier molecular flexibility index (Phi) is 5.02. The zero-order valence-electron chi connectivity index (χ0n) is 17.4. The molecule has 8 heteroatoms. The lowest BCUT2D eigenvalue weighted by Crippen LogP contribution is -2.40. The fourth-order valence-electron chi connectivity index (χ4n) is 4.66. The Morgan fingerprint density at radius 2 is 1.69 bits per heavy atom. The van der Waals surface area contributed by atoms with Crippen molar-refractivity contribution >= 4 is 23.5 Å². The van der Waals surface area contributed by atoms with Crippen LogP contribution < -0.4 is 4.74 Å². The van der Waals surface area contributed by atoms with Crippen molar-refractivity contribution in [2.75, 3.05) is 0 Å². The van der Waals surface area contributed by atoms with E-state index in [1.165, 1.54) is 0 Å². The largest absolute Gasteiger partial charge is 0.507 e. The minimum atomic E-state index is -1.81. The number of carbonyl (C=O) groups excluding carboxylic acids is 4. The summed E-state index contributed by atoms with van der Waals surface area (Å²) < 4.78 is 10.7. The summed E-state index contributed by atoms with van der Waals surface area (Å²) in [5.41, 5.74) is -2.31. The number of rotatable bonds is 2. The van der Waals surface area contributed by atoms with Crippen LogP contribution >= 0.6 is 0 Å². The molecule has 4 unspecified atom stereocenters. The fraction of sp³-hybridized carbons (Fsp3) is 0.333. The first-order valence-electron chi connectivity index (χ1n) is 9.99. The number of hydrogen-bond donors (Lipinski definition) is 2. The molecule has 0 heterocycles. The number of hydrogen-bond acceptors (Lipinski definition) is 8. The second-order valence-electron chi connectivity index (χ2n) is 8.12. The second-order valence-corrected chi connectivity index (χ2v) is 8.12. The third-order valence-corrected chi connectivity index (χ3v) is 5.94. The molecule has 3 aliphatic rings. The standard InChI is InChI=1S/C24H20O8/c1-4-24(30)9-15-17(16(10-24)31-11(2)25)22(29)18-19(23(15)32-12(3)26)21(28)14-8-6-5-7-13(14)20(18)27/h1,5-8,13-14,16,29-30H,9-10H2,2-3H3. The Bertz CT molecular complexity index is 1180. The Labute approximate surface area is 183 Å². The molecule has 164 valence electrons. The number of terminal acetylenes is 1. The van der Waals surface area contributed by atoms with Crippen molar-refractivity contribution in [2.24, 2.45) is 11.8 Å². The first kappa shape index (κ1) is 21.5. The van der Waals surface area contributed by atoms with Crippen molar-refractivity contribution < 1.29 is 38.9 Å². The zero-order chi connectivity index (χ0) is 23.4. The van der Waals surface area contributed by atoms with Gasteiger partial charge >= 0.3 is 11.9 Å². The number of phenolic OH excluding ortho intramolecular Hbond substituents is 1. The van der Waals surface area contributed by atoms with Crippen molar-refractivity contribution in [3.05, 3.63) is 46.6 Å². The molecule has 0 spiro atoms. The van der Waals surface area contributed by atoms with Crippen LogP contribution in [-0.2, 0) is 20.7 Å². The molecular formula is C24H20O8. The van der Waals surface area contributed by atoms with Gasteiger partial charge < -0.3 is 19.7 Å². The van der Waals surface area contributed by atoms with Gasteiger partial charge in [0.1, 0.15) is 23.2 Å². The molecule has 1 aromatic carbocycles. The zero-order valence-corrected chi connectivity index (χ0v) is 17.4. The molecule has 0 aromatic heterocycles. The van der Waals surface area contributed by atoms with Crippen molar-refractivity contribution in [3.8, 4) is 23.8 Å². The smallest absolute Gasteiger partial charge is 0.308 e. The van der Waals surface area contributed by atoms with Crippen LogP contribution in [0.5, 0.6) is 11.5 Å². The Morgan fingerprint density at radius 3 is 2.22 bits per heavy atom. The van der Waals surface area contributed by atoms with E-state index in [0.717, 1.165) is 13.8 Å². The molecule has 4 rings (SSSR count). The van der Waals surface area contributed by atoms with Gasteiger partial charge in [0.15, 0.2) is 11.6 Å². The van der Waals surface area contributed by atoms with Gasteiger partial charge in [0.2, 0.25) is 0 Å². The van der Waals surface area contributed by atoms with Crippen LogP contribution in [0.15, 0.2) is 24.3 Å². The minimum absolute atomic E-state index is 0.00921. The molecule has 0 aliphatic heterocycles. The molecule has 0 amide bonds. The molecular weight excluding hydrogens is 416 g/mol. The molecule has 0 bridgehead atoms. The Hall–Kier alpha value is -3.70. The number of Topliss-reactive ketones (excluding diaryl/α,β-unsaturated/α-hetero) is 2. The van der Waals surface area contributed by atoms with Crippen LogP contribution in [0.3, 0.4) is 0 Å². The summed E-state index contributed by atoms with van der Waals surface area (Å²) in [4.78, 5) is 50.4. The maximum Gasteiger partial charge on any atom is 0.308 e. The van der Waals surface area contributed by atoms with Crippen LogP contribution in [0.25, 0.3) is 0 Å². The highest BCUT2D eigenvalue weighted by atomic mass is 16.5. The van der Waals surface area contributed by atoms with Gasteiger partial charge in [-0.15, -0.1) is 6.42 Å². The van der Waals surface area contributed by atoms with E-state index in [9.17, 15) is 29.4 Å². The van der Waals surface area contributed by atoms with Gasteiger partial charge in [0.05, 0.1) is 23.0 Å². The SMILES string of the molecule is C#CC1(O)Cc2c(OC(C)=O)c3c(c(O)c2C(OC(C)=O)C1)C(=O)C1C=CC=CC1C3=O. The number of aliphatic hydroxyl groups is 1. The highest BCUT2D eigenvalue weighted by Gasteiger charge is 2.49. The van der Waals surface area contributed by atoms with E-state index < -0.39 is 52.8 Å². The van der Waals surface area contributed by atoms with E-state index in [-0.39, 0.29) is 40.8 Å². The first-order chi connectivity index (χ1) is 15.1. The average molecular weight is 436 g/mol. The Morgan fingerprint density at radius 1 is 1.09 bits per heavy atom. The second kappa shape index (κ2) is 7.46. The number of aromatic hydroxyl groups is 1. The molecule has 8 nitrogen and oxygen atoms in total. The summed E-state index contributed by atoms with van der Waals surface area (Å²) in [6.07, 6.45) is 10.1. The van der Waals surface area contributed by atoms with Gasteiger partial charge in [0, 0.05) is 37.8 Å². The number of ether oxygens (including phenoxy) is 2. The van der Waals surface area contributed by atoms with Crippen LogP contribution in [0.1, 0.15) is 58.2 Å². The predicted molar refractivity (Wildman–Crippen MR) is 110 cm³/mol. The van der Waals surface area contributed by atoms with E-state index >= 15 is 0 Å². The van der Waals surface area contributed by atoms with Crippen LogP contribution in [0, 0.1) is 24.2 Å². The van der Waals surface area contributed by atoms with Gasteiger partial charge in [-0.2, -0.15) is 0 Å². The molecule has 32 heavy (non-hydrogen) atoms. The van der Waals surface area contributed by atoms with Crippen molar-refractivity contribution in [3.63, 3.8) is 0 Å². The monoisotopic (exact) mass is 436 g/mol. The number of allylic oxidation sites excluding steroid dienone is 4. The highest BCUT2D eigenvalue weighted by molar-refractivity contribution is 6.20. The molecule has 1 aromatic rings. The number of carbonyl (C=O) groups is 4. The minimum Gasteiger partial charge on any atom is -0.507 e. The van der Waals surface area contributed by atoms with Crippen molar-refractivity contribution in [1.82, 2.24) is 0 Å². The van der Waals surface area contributed by atoms with Crippen LogP contribution in [0.4, 0.5) is 0 Å². The topological polar surface area (TPSA) is 127 Å². The van der Waals surface area contributed by atoms with E-state index in [4.69, 9.17) is 15.9 Å². The fourth-order valence-corrected chi connectivity index (χ4v) is 4.66. The molecule has 0 saturated heterocycles. The highest BCUT2D eigenvalue weighted by Crippen LogP contribution is 2.52. The lowest BCUT2D eigenvalue weighted by Gasteiger charge is -2.38.